The number of carbonyl (C=O) groups is 3. The van der Waals surface area contributed by atoms with Gasteiger partial charge in [-0.05, 0) is 41.5 Å². The van der Waals surface area contributed by atoms with E-state index >= 15 is 0 Å². The zero-order valence-corrected chi connectivity index (χ0v) is 14.1. The van der Waals surface area contributed by atoms with Crippen LogP contribution in [0.1, 0.15) is 27.5 Å². The highest BCUT2D eigenvalue weighted by atomic mass is 19.1. The lowest BCUT2D eigenvalue weighted by molar-refractivity contribution is -0.127. The van der Waals surface area contributed by atoms with Crippen LogP contribution in [0.15, 0.2) is 54.7 Å². The number of amides is 2. The molecule has 2 fully saturated rings. The first-order chi connectivity index (χ1) is 13.1. The first kappa shape index (κ1) is 15.9. The van der Waals surface area contributed by atoms with E-state index in [9.17, 15) is 18.8 Å². The van der Waals surface area contributed by atoms with Crippen molar-refractivity contribution < 1.29 is 18.8 Å². The van der Waals surface area contributed by atoms with Crippen molar-refractivity contribution in [1.82, 2.24) is 10.2 Å². The average Bonchev–Trinajstić information content (AvgIpc) is 3.17. The molecule has 3 aliphatic heterocycles. The Balaban J connectivity index is 1.64. The molecule has 4 atom stereocenters. The van der Waals surface area contributed by atoms with Crippen LogP contribution in [-0.2, 0) is 9.59 Å². The predicted molar refractivity (Wildman–Crippen MR) is 94.7 cm³/mol. The lowest BCUT2D eigenvalue weighted by atomic mass is 9.83. The predicted octanol–water partition coefficient (Wildman–Crippen LogP) is 2.31. The van der Waals surface area contributed by atoms with Gasteiger partial charge in [0.25, 0.3) is 0 Å². The highest BCUT2D eigenvalue weighted by molar-refractivity contribution is 6.12. The van der Waals surface area contributed by atoms with Crippen molar-refractivity contribution in [3.05, 3.63) is 77.2 Å². The minimum absolute atomic E-state index is 0.290. The van der Waals surface area contributed by atoms with Crippen molar-refractivity contribution >= 4 is 23.7 Å². The van der Waals surface area contributed by atoms with E-state index in [2.05, 4.69) is 5.32 Å². The molecule has 0 bridgehead atoms. The van der Waals surface area contributed by atoms with Gasteiger partial charge >= 0.3 is 0 Å². The number of imide groups is 1. The summed E-state index contributed by atoms with van der Waals surface area (Å²) in [7, 11) is 0. The van der Waals surface area contributed by atoms with Gasteiger partial charge in [-0.2, -0.15) is 0 Å². The molecule has 2 aromatic rings. The molecule has 0 radical (unpaired) electrons. The van der Waals surface area contributed by atoms with Crippen molar-refractivity contribution in [2.75, 3.05) is 0 Å². The maximum atomic E-state index is 13.2. The minimum Gasteiger partial charge on any atom is -0.358 e. The second-order valence-electron chi connectivity index (χ2n) is 7.06. The summed E-state index contributed by atoms with van der Waals surface area (Å²) in [4.78, 5) is 40.1. The molecule has 0 unspecified atom stereocenters. The highest BCUT2D eigenvalue weighted by Crippen LogP contribution is 2.51. The molecule has 3 heterocycles. The number of nitrogens with zero attached hydrogens (tertiary/aromatic N) is 1. The fourth-order valence-electron chi connectivity index (χ4n) is 4.56. The third kappa shape index (κ3) is 2.19. The summed E-state index contributed by atoms with van der Waals surface area (Å²) in [5, 5.41) is 2.39. The summed E-state index contributed by atoms with van der Waals surface area (Å²) in [6.07, 6.45) is 3.68. The lowest BCUT2D eigenvalue weighted by Gasteiger charge is -2.34. The zero-order chi connectivity index (χ0) is 18.7. The average molecular weight is 362 g/mol. The van der Waals surface area contributed by atoms with Crippen molar-refractivity contribution in [1.29, 1.82) is 0 Å². The Morgan fingerprint density at radius 2 is 1.67 bits per heavy atom. The van der Waals surface area contributed by atoms with Crippen LogP contribution in [0.3, 0.4) is 0 Å². The quantitative estimate of drug-likeness (QED) is 0.658. The molecule has 3 aliphatic rings. The van der Waals surface area contributed by atoms with Gasteiger partial charge in [0, 0.05) is 11.8 Å². The Hall–Kier alpha value is -3.28. The molecular weight excluding hydrogens is 347 g/mol. The molecule has 5 rings (SSSR count). The summed E-state index contributed by atoms with van der Waals surface area (Å²) in [5.41, 5.74) is 2.22. The maximum Gasteiger partial charge on any atom is 0.233 e. The minimum atomic E-state index is -0.804. The van der Waals surface area contributed by atoms with Crippen LogP contribution in [0.2, 0.25) is 0 Å². The number of ketones is 1. The number of carbonyl (C=O) groups excluding carboxylic acids is 3. The van der Waals surface area contributed by atoms with Gasteiger partial charge in [0.1, 0.15) is 11.9 Å². The fraction of sp³-hybridized carbons (Fsp3) is 0.190. The smallest absolute Gasteiger partial charge is 0.233 e. The molecule has 0 aliphatic carbocycles. The summed E-state index contributed by atoms with van der Waals surface area (Å²) < 4.78 is 13.2. The number of halogens is 1. The largest absolute Gasteiger partial charge is 0.358 e. The second kappa shape index (κ2) is 5.61. The number of nitrogens with one attached hydrogen (secondary N) is 1. The number of hydrogen-bond acceptors (Lipinski definition) is 4. The third-order valence-corrected chi connectivity index (χ3v) is 5.70. The number of hydrogen-bond donors (Lipinski definition) is 1. The van der Waals surface area contributed by atoms with Crippen LogP contribution in [0.25, 0.3) is 6.08 Å². The molecule has 27 heavy (non-hydrogen) atoms. The van der Waals surface area contributed by atoms with Crippen LogP contribution in [-0.4, -0.2) is 28.5 Å². The molecule has 2 amide bonds. The van der Waals surface area contributed by atoms with E-state index < -0.39 is 29.6 Å². The fourth-order valence-corrected chi connectivity index (χ4v) is 4.56. The van der Waals surface area contributed by atoms with Crippen molar-refractivity contribution in [2.24, 2.45) is 11.8 Å². The van der Waals surface area contributed by atoms with Gasteiger partial charge in [-0.15, -0.1) is 0 Å². The summed E-state index contributed by atoms with van der Waals surface area (Å²) in [5.74, 6) is -2.89. The standard InChI is InChI=1S/C21H15FN2O3/c22-13-7-5-12(6-8-13)19(25)18-16-15(20(26)23-21(16)27)17-14-4-2-1-3-11(14)9-10-24(17)18/h1-10,15-18H,(H,23,26,27)/t15-,16+,17+,18-/m1/s1. The maximum absolute atomic E-state index is 13.2. The topological polar surface area (TPSA) is 66.5 Å². The van der Waals surface area contributed by atoms with E-state index in [1.54, 1.807) is 6.20 Å². The van der Waals surface area contributed by atoms with E-state index in [1.165, 1.54) is 24.3 Å². The number of Topliss-reactive ketones (excluding diaryl/α,β-unsaturated/α-hetero) is 1. The molecule has 2 saturated heterocycles. The van der Waals surface area contributed by atoms with Crippen LogP contribution >= 0.6 is 0 Å². The van der Waals surface area contributed by atoms with Gasteiger partial charge < -0.3 is 4.90 Å². The van der Waals surface area contributed by atoms with E-state index in [0.29, 0.717) is 5.56 Å². The molecule has 0 aromatic heterocycles. The Labute approximate surface area is 154 Å². The van der Waals surface area contributed by atoms with Gasteiger partial charge in [-0.1, -0.05) is 24.3 Å². The highest BCUT2D eigenvalue weighted by Gasteiger charge is 2.61. The van der Waals surface area contributed by atoms with Gasteiger partial charge in [0.2, 0.25) is 11.8 Å². The first-order valence-corrected chi connectivity index (χ1v) is 8.75. The van der Waals surface area contributed by atoms with E-state index in [4.69, 9.17) is 0 Å². The van der Waals surface area contributed by atoms with E-state index in [0.717, 1.165) is 11.1 Å². The first-order valence-electron chi connectivity index (χ1n) is 8.75. The lowest BCUT2D eigenvalue weighted by Crippen LogP contribution is -2.42. The summed E-state index contributed by atoms with van der Waals surface area (Å²) >= 11 is 0. The van der Waals surface area contributed by atoms with Crippen LogP contribution in [0.4, 0.5) is 4.39 Å². The van der Waals surface area contributed by atoms with Gasteiger partial charge in [-0.25, -0.2) is 4.39 Å². The van der Waals surface area contributed by atoms with Crippen LogP contribution in [0.5, 0.6) is 0 Å². The summed E-state index contributed by atoms with van der Waals surface area (Å²) in [6, 6.07) is 11.7. The molecule has 134 valence electrons. The van der Waals surface area contributed by atoms with Crippen LogP contribution < -0.4 is 5.32 Å². The third-order valence-electron chi connectivity index (χ3n) is 5.70. The number of fused-ring (bicyclic) bond motifs is 5. The van der Waals surface area contributed by atoms with Gasteiger partial charge in [0.05, 0.1) is 17.9 Å². The SMILES string of the molecule is O=C1NC(=O)[C@H]2[C@@H]1[C@@H]1c3ccccc3C=CN1[C@H]2C(=O)c1ccc(F)cc1. The van der Waals surface area contributed by atoms with E-state index in [-0.39, 0.29) is 17.7 Å². The normalized spacial score (nSPS) is 27.8. The molecule has 0 spiro atoms. The molecule has 2 aromatic carbocycles. The monoisotopic (exact) mass is 362 g/mol. The molecular formula is C21H15FN2O3. The zero-order valence-electron chi connectivity index (χ0n) is 14.1. The molecule has 0 saturated carbocycles. The second-order valence-corrected chi connectivity index (χ2v) is 7.06. The number of benzene rings is 2. The van der Waals surface area contributed by atoms with Gasteiger partial charge in [-0.3, -0.25) is 19.7 Å². The Morgan fingerprint density at radius 3 is 2.44 bits per heavy atom. The Kier molecular flexibility index (Phi) is 3.31. The van der Waals surface area contributed by atoms with E-state index in [1.807, 2.05) is 35.2 Å². The molecule has 6 heteroatoms. The van der Waals surface area contributed by atoms with Crippen molar-refractivity contribution in [2.45, 2.75) is 12.1 Å². The Morgan fingerprint density at radius 1 is 0.963 bits per heavy atom. The van der Waals surface area contributed by atoms with Gasteiger partial charge in [0.15, 0.2) is 5.78 Å². The number of rotatable bonds is 2. The molecule has 5 nitrogen and oxygen atoms in total. The molecule has 1 N–H and O–H groups in total. The Bertz CT molecular complexity index is 1010. The van der Waals surface area contributed by atoms with Crippen molar-refractivity contribution in [3.63, 3.8) is 0 Å². The van der Waals surface area contributed by atoms with Crippen LogP contribution in [0, 0.1) is 17.7 Å². The van der Waals surface area contributed by atoms with Crippen molar-refractivity contribution in [3.8, 4) is 0 Å². The summed E-state index contributed by atoms with van der Waals surface area (Å²) in [6.45, 7) is 0.